The highest BCUT2D eigenvalue weighted by Gasteiger charge is 2.27. The quantitative estimate of drug-likeness (QED) is 0.423. The van der Waals surface area contributed by atoms with Crippen LogP contribution in [0.4, 0.5) is 0 Å². The third-order valence-electron chi connectivity index (χ3n) is 6.52. The van der Waals surface area contributed by atoms with Crippen LogP contribution in [-0.2, 0) is 6.54 Å². The number of benzene rings is 2. The number of ether oxygens (including phenoxy) is 2. The molecule has 1 saturated heterocycles. The Hall–Kier alpha value is -3.58. The van der Waals surface area contributed by atoms with Crippen LogP contribution in [0.1, 0.15) is 43.0 Å². The fraction of sp³-hybridized carbons (Fsp3) is 0.308. The molecule has 6 rings (SSSR count). The van der Waals surface area contributed by atoms with Gasteiger partial charge in [-0.15, -0.1) is 0 Å². The molecule has 0 saturated carbocycles. The van der Waals surface area contributed by atoms with Crippen LogP contribution in [0.5, 0.6) is 11.5 Å². The van der Waals surface area contributed by atoms with Crippen molar-refractivity contribution in [3.63, 3.8) is 0 Å². The number of fused-ring (bicyclic) bond motifs is 2. The smallest absolute Gasteiger partial charge is 0.231 e. The normalized spacial score (nSPS) is 18.5. The van der Waals surface area contributed by atoms with Crippen molar-refractivity contribution in [2.24, 2.45) is 0 Å². The molecule has 0 radical (unpaired) electrons. The molecule has 0 aliphatic carbocycles. The summed E-state index contributed by atoms with van der Waals surface area (Å²) < 4.78 is 22.4. The Labute approximate surface area is 190 Å². The molecule has 0 unspecified atom stereocenters. The van der Waals surface area contributed by atoms with E-state index >= 15 is 0 Å². The minimum Gasteiger partial charge on any atom is -0.464 e. The summed E-state index contributed by atoms with van der Waals surface area (Å²) in [5.41, 5.74) is 3.09. The lowest BCUT2D eigenvalue weighted by Gasteiger charge is -2.28. The van der Waals surface area contributed by atoms with E-state index in [4.69, 9.17) is 18.4 Å². The van der Waals surface area contributed by atoms with Gasteiger partial charge in [0.1, 0.15) is 11.3 Å². The van der Waals surface area contributed by atoms with Crippen molar-refractivity contribution in [2.45, 2.75) is 38.3 Å². The number of hydrogen-bond donors (Lipinski definition) is 0. The van der Waals surface area contributed by atoms with E-state index in [0.29, 0.717) is 34.6 Å². The molecule has 2 aliphatic heterocycles. The van der Waals surface area contributed by atoms with Crippen LogP contribution in [0, 0.1) is 0 Å². The predicted octanol–water partition coefficient (Wildman–Crippen LogP) is 5.29. The number of likely N-dealkylation sites (tertiary alicyclic amines) is 1. The second kappa shape index (κ2) is 8.41. The third kappa shape index (κ3) is 3.78. The van der Waals surface area contributed by atoms with E-state index in [0.717, 1.165) is 49.2 Å². The first-order chi connectivity index (χ1) is 16.3. The predicted molar refractivity (Wildman–Crippen MR) is 122 cm³/mol. The van der Waals surface area contributed by atoms with Gasteiger partial charge in [0.2, 0.25) is 6.79 Å². The molecule has 7 heteroatoms. The van der Waals surface area contributed by atoms with Gasteiger partial charge in [-0.25, -0.2) is 0 Å². The Balaban J connectivity index is 1.30. The summed E-state index contributed by atoms with van der Waals surface area (Å²) in [6.45, 7) is 1.65. The molecule has 1 fully saturated rings. The molecule has 0 amide bonds. The van der Waals surface area contributed by atoms with E-state index in [1.165, 1.54) is 0 Å². The first-order valence-electron chi connectivity index (χ1n) is 11.4. The molecule has 1 atom stereocenters. The second-order valence-electron chi connectivity index (χ2n) is 8.61. The number of rotatable bonds is 4. The first-order valence-corrected chi connectivity index (χ1v) is 11.4. The number of hydrogen-bond acceptors (Lipinski definition) is 7. The maximum Gasteiger partial charge on any atom is 0.231 e. The van der Waals surface area contributed by atoms with Gasteiger partial charge in [-0.2, -0.15) is 0 Å². The van der Waals surface area contributed by atoms with Crippen LogP contribution in [0.15, 0.2) is 68.5 Å². The lowest BCUT2D eigenvalue weighted by Crippen LogP contribution is -2.30. The van der Waals surface area contributed by atoms with E-state index < -0.39 is 0 Å². The lowest BCUT2D eigenvalue weighted by molar-refractivity contribution is 0.174. The average Bonchev–Trinajstić information content (AvgIpc) is 3.46. The maximum atomic E-state index is 13.1. The summed E-state index contributed by atoms with van der Waals surface area (Å²) in [6, 6.07) is 15.2. The Morgan fingerprint density at radius 2 is 1.91 bits per heavy atom. The lowest BCUT2D eigenvalue weighted by atomic mass is 10.0. The summed E-state index contributed by atoms with van der Waals surface area (Å²) in [4.78, 5) is 15.4. The molecule has 4 aromatic rings. The molecular formula is C26H24N2O5. The van der Waals surface area contributed by atoms with Gasteiger partial charge >= 0.3 is 0 Å². The van der Waals surface area contributed by atoms with Crippen LogP contribution in [0.25, 0.3) is 22.3 Å². The van der Waals surface area contributed by atoms with Crippen molar-refractivity contribution in [3.05, 3.63) is 76.3 Å². The van der Waals surface area contributed by atoms with Crippen LogP contribution >= 0.6 is 0 Å². The van der Waals surface area contributed by atoms with E-state index in [1.54, 1.807) is 6.26 Å². The van der Waals surface area contributed by atoms with Crippen molar-refractivity contribution in [2.75, 3.05) is 13.3 Å². The van der Waals surface area contributed by atoms with Crippen LogP contribution in [0.2, 0.25) is 0 Å². The highest BCUT2D eigenvalue weighted by molar-refractivity contribution is 5.76. The maximum absolute atomic E-state index is 13.1. The number of nitrogens with zero attached hydrogens (tertiary/aromatic N) is 2. The van der Waals surface area contributed by atoms with Gasteiger partial charge < -0.3 is 18.4 Å². The minimum atomic E-state index is 0.0287. The molecule has 0 spiro atoms. The van der Waals surface area contributed by atoms with Gasteiger partial charge in [0, 0.05) is 23.7 Å². The van der Waals surface area contributed by atoms with Gasteiger partial charge in [0.25, 0.3) is 0 Å². The molecule has 33 heavy (non-hydrogen) atoms. The largest absolute Gasteiger partial charge is 0.464 e. The summed E-state index contributed by atoms with van der Waals surface area (Å²) >= 11 is 0. The Morgan fingerprint density at radius 1 is 1.00 bits per heavy atom. The summed E-state index contributed by atoms with van der Waals surface area (Å²) in [6.07, 6.45) is 5.92. The molecule has 0 N–H and O–H groups in total. The fourth-order valence-electron chi connectivity index (χ4n) is 4.77. The SMILES string of the molecule is O=c1c(CN2CCCCC[C@@H]2c2cc(-c3ccc4c(c3)OCO4)on2)coc2ccccc12. The van der Waals surface area contributed by atoms with Crippen LogP contribution in [-0.4, -0.2) is 23.4 Å². The monoisotopic (exact) mass is 444 g/mol. The van der Waals surface area contributed by atoms with Gasteiger partial charge in [0.05, 0.1) is 17.7 Å². The first kappa shape index (κ1) is 20.1. The zero-order chi connectivity index (χ0) is 22.2. The Kier molecular flexibility index (Phi) is 5.11. The molecule has 7 nitrogen and oxygen atoms in total. The molecule has 2 aliphatic rings. The highest BCUT2D eigenvalue weighted by atomic mass is 16.7. The summed E-state index contributed by atoms with van der Waals surface area (Å²) in [7, 11) is 0. The van der Waals surface area contributed by atoms with Gasteiger partial charge in [0.15, 0.2) is 22.7 Å². The van der Waals surface area contributed by atoms with E-state index in [1.807, 2.05) is 48.5 Å². The summed E-state index contributed by atoms with van der Waals surface area (Å²) in [5.74, 6) is 2.14. The Bertz CT molecular complexity index is 1360. The van der Waals surface area contributed by atoms with Crippen molar-refractivity contribution >= 4 is 11.0 Å². The highest BCUT2D eigenvalue weighted by Crippen LogP contribution is 2.38. The molecule has 2 aromatic heterocycles. The van der Waals surface area contributed by atoms with Crippen molar-refractivity contribution in [1.29, 1.82) is 0 Å². The topological polar surface area (TPSA) is 77.9 Å². The molecule has 2 aromatic carbocycles. The number of para-hydroxylation sites is 1. The molecule has 168 valence electrons. The van der Waals surface area contributed by atoms with Crippen LogP contribution < -0.4 is 14.9 Å². The van der Waals surface area contributed by atoms with Gasteiger partial charge in [-0.1, -0.05) is 30.1 Å². The zero-order valence-electron chi connectivity index (χ0n) is 18.2. The van der Waals surface area contributed by atoms with E-state index in [2.05, 4.69) is 10.1 Å². The Morgan fingerprint density at radius 3 is 2.88 bits per heavy atom. The third-order valence-corrected chi connectivity index (χ3v) is 6.52. The molecular weight excluding hydrogens is 420 g/mol. The zero-order valence-corrected chi connectivity index (χ0v) is 18.2. The summed E-state index contributed by atoms with van der Waals surface area (Å²) in [5, 5.41) is 5.04. The van der Waals surface area contributed by atoms with Crippen LogP contribution in [0.3, 0.4) is 0 Å². The molecule has 4 heterocycles. The van der Waals surface area contributed by atoms with Gasteiger partial charge in [-0.05, 0) is 49.7 Å². The van der Waals surface area contributed by atoms with E-state index in [-0.39, 0.29) is 18.3 Å². The second-order valence-corrected chi connectivity index (χ2v) is 8.61. The van der Waals surface area contributed by atoms with Crippen molar-refractivity contribution in [3.8, 4) is 22.8 Å². The van der Waals surface area contributed by atoms with Crippen molar-refractivity contribution in [1.82, 2.24) is 10.1 Å². The van der Waals surface area contributed by atoms with E-state index in [9.17, 15) is 4.79 Å². The van der Waals surface area contributed by atoms with Gasteiger partial charge in [-0.3, -0.25) is 9.69 Å². The number of aromatic nitrogens is 1. The average molecular weight is 444 g/mol. The standard InChI is InChI=1S/C26H24N2O5/c29-26-18(15-30-22-8-4-3-6-19(22)26)14-28-11-5-1-2-7-21(28)20-13-24(33-27-20)17-9-10-23-25(12-17)32-16-31-23/h3-4,6,8-10,12-13,15,21H,1-2,5,7,11,14,16H2/t21-/m1/s1. The minimum absolute atomic E-state index is 0.0287. The molecule has 0 bridgehead atoms. The van der Waals surface area contributed by atoms with Crippen molar-refractivity contribution < 1.29 is 18.4 Å². The fourth-order valence-corrected chi connectivity index (χ4v) is 4.77.